The van der Waals surface area contributed by atoms with Crippen LogP contribution >= 0.6 is 0 Å². The number of anilines is 1. The summed E-state index contributed by atoms with van der Waals surface area (Å²) in [5, 5.41) is 4.47. The molecule has 7 nitrogen and oxygen atoms in total. The summed E-state index contributed by atoms with van der Waals surface area (Å²) in [4.78, 5) is 9.39. The summed E-state index contributed by atoms with van der Waals surface area (Å²) >= 11 is 0. The van der Waals surface area contributed by atoms with Crippen molar-refractivity contribution in [3.05, 3.63) is 36.4 Å². The van der Waals surface area contributed by atoms with Crippen LogP contribution in [0.5, 0.6) is 0 Å². The van der Waals surface area contributed by atoms with Crippen LogP contribution in [0, 0.1) is 0 Å². The first kappa shape index (κ1) is 19.4. The third-order valence-electron chi connectivity index (χ3n) is 6.18. The maximum absolute atomic E-state index is 6.10. The first-order valence-corrected chi connectivity index (χ1v) is 10.00. The largest absolute Gasteiger partial charge is 0.498 e. The van der Waals surface area contributed by atoms with Crippen LogP contribution in [0.2, 0.25) is 0 Å². The Bertz CT molecular complexity index is 796. The second kappa shape index (κ2) is 7.17. The van der Waals surface area contributed by atoms with Crippen LogP contribution < -0.4 is 10.4 Å². The molecule has 2 aliphatic heterocycles. The monoisotopic (exact) mass is 383 g/mol. The van der Waals surface area contributed by atoms with Crippen LogP contribution in [0.15, 0.2) is 30.7 Å². The highest BCUT2D eigenvalue weighted by atomic mass is 16.7. The number of rotatable bonds is 4. The maximum Gasteiger partial charge on any atom is 0.498 e. The minimum absolute atomic E-state index is 0.347. The predicted molar refractivity (Wildman–Crippen MR) is 111 cm³/mol. The number of hydrogen-bond donors (Lipinski definition) is 0. The Kier molecular flexibility index (Phi) is 4.97. The number of nitrogens with zero attached hydrogens (tertiary/aromatic N) is 5. The number of piperazine rings is 1. The average molecular weight is 383 g/mol. The Morgan fingerprint density at radius 3 is 2.29 bits per heavy atom. The quantitative estimate of drug-likeness (QED) is 0.744. The minimum Gasteiger partial charge on any atom is -0.399 e. The van der Waals surface area contributed by atoms with Gasteiger partial charge in [0.15, 0.2) is 0 Å². The Hall–Kier alpha value is -1.90. The van der Waals surface area contributed by atoms with E-state index in [2.05, 4.69) is 66.8 Å². The molecule has 150 valence electrons. The summed E-state index contributed by atoms with van der Waals surface area (Å²) < 4.78 is 14.1. The molecule has 0 N–H and O–H groups in total. The normalized spacial score (nSPS) is 22.0. The smallest absolute Gasteiger partial charge is 0.399 e. The first-order valence-electron chi connectivity index (χ1n) is 10.00. The molecule has 2 aromatic heterocycles. The molecule has 2 fully saturated rings. The van der Waals surface area contributed by atoms with Gasteiger partial charge in [-0.3, -0.25) is 9.67 Å². The molecule has 0 spiro atoms. The number of aromatic nitrogens is 3. The van der Waals surface area contributed by atoms with Crippen molar-refractivity contribution in [3.8, 4) is 0 Å². The lowest BCUT2D eigenvalue weighted by Crippen LogP contribution is -2.44. The van der Waals surface area contributed by atoms with Crippen molar-refractivity contribution in [2.75, 3.05) is 38.1 Å². The summed E-state index contributed by atoms with van der Waals surface area (Å²) in [6, 6.07) is 4.25. The van der Waals surface area contributed by atoms with E-state index in [4.69, 9.17) is 9.31 Å². The fourth-order valence-electron chi connectivity index (χ4n) is 3.49. The van der Waals surface area contributed by atoms with E-state index >= 15 is 0 Å². The van der Waals surface area contributed by atoms with Crippen molar-refractivity contribution in [3.63, 3.8) is 0 Å². The van der Waals surface area contributed by atoms with Gasteiger partial charge >= 0.3 is 7.12 Å². The van der Waals surface area contributed by atoms with Crippen molar-refractivity contribution in [2.45, 2.75) is 45.4 Å². The Morgan fingerprint density at radius 2 is 1.68 bits per heavy atom. The van der Waals surface area contributed by atoms with Gasteiger partial charge in [0, 0.05) is 44.0 Å². The van der Waals surface area contributed by atoms with E-state index in [-0.39, 0.29) is 18.3 Å². The predicted octanol–water partition coefficient (Wildman–Crippen LogP) is 1.38. The molecule has 4 heterocycles. The van der Waals surface area contributed by atoms with Gasteiger partial charge < -0.3 is 19.1 Å². The Morgan fingerprint density at radius 1 is 1.00 bits per heavy atom. The molecule has 0 amide bonds. The van der Waals surface area contributed by atoms with Gasteiger partial charge in [-0.15, -0.1) is 0 Å². The molecule has 2 saturated heterocycles. The molecule has 0 radical (unpaired) electrons. The average Bonchev–Trinajstić information content (AvgIpc) is 3.18. The zero-order valence-corrected chi connectivity index (χ0v) is 17.6. The topological polar surface area (TPSA) is 55.7 Å². The lowest BCUT2D eigenvalue weighted by molar-refractivity contribution is 0.00578. The van der Waals surface area contributed by atoms with Crippen molar-refractivity contribution in [2.24, 2.45) is 0 Å². The van der Waals surface area contributed by atoms with Crippen molar-refractivity contribution in [1.82, 2.24) is 19.7 Å². The molecule has 28 heavy (non-hydrogen) atoms. The summed E-state index contributed by atoms with van der Waals surface area (Å²) in [7, 11) is 1.78. The van der Waals surface area contributed by atoms with Crippen molar-refractivity contribution < 1.29 is 9.31 Å². The van der Waals surface area contributed by atoms with Crippen molar-refractivity contribution in [1.29, 1.82) is 0 Å². The second-order valence-electron chi connectivity index (χ2n) is 8.86. The molecule has 0 atom stereocenters. The molecule has 2 aromatic rings. The van der Waals surface area contributed by atoms with Gasteiger partial charge in [-0.1, -0.05) is 0 Å². The molecule has 0 saturated carbocycles. The molecule has 0 aliphatic carbocycles. The zero-order valence-electron chi connectivity index (χ0n) is 17.6. The third kappa shape index (κ3) is 3.81. The molecule has 0 bridgehead atoms. The van der Waals surface area contributed by atoms with Gasteiger partial charge in [0.05, 0.1) is 35.3 Å². The molecule has 4 rings (SSSR count). The van der Waals surface area contributed by atoms with E-state index in [9.17, 15) is 0 Å². The van der Waals surface area contributed by atoms with Gasteiger partial charge in [0.2, 0.25) is 0 Å². The fraction of sp³-hybridized carbons (Fsp3) is 0.600. The van der Waals surface area contributed by atoms with E-state index in [1.165, 1.54) is 5.69 Å². The summed E-state index contributed by atoms with van der Waals surface area (Å²) in [5.41, 5.74) is 2.42. The minimum atomic E-state index is -0.383. The molecule has 8 heteroatoms. The third-order valence-corrected chi connectivity index (χ3v) is 6.18. The second-order valence-corrected chi connectivity index (χ2v) is 8.86. The molecular formula is C20H30BN5O2. The number of likely N-dealkylation sites (N-methyl/N-ethyl adjacent to an activating group) is 1. The van der Waals surface area contributed by atoms with E-state index in [1.807, 2.05) is 23.3 Å². The standard InChI is InChI=1S/C20H30BN5O2/c1-19(2)20(3,4)28-21(27-19)16-12-23-26(14-16)15-17-6-7-18(13-22-17)25-10-8-24(5)9-11-25/h6-7,12-14H,8-11,15H2,1-5H3. The number of pyridine rings is 1. The molecule has 2 aliphatic rings. The summed E-state index contributed by atoms with van der Waals surface area (Å²) in [6.45, 7) is 13.2. The molecular weight excluding hydrogens is 353 g/mol. The first-order chi connectivity index (χ1) is 13.2. The van der Waals surface area contributed by atoms with Crippen LogP contribution in [-0.2, 0) is 15.9 Å². The van der Waals surface area contributed by atoms with Gasteiger partial charge in [0.25, 0.3) is 0 Å². The molecule has 0 unspecified atom stereocenters. The lowest BCUT2D eigenvalue weighted by Gasteiger charge is -2.33. The van der Waals surface area contributed by atoms with Gasteiger partial charge in [0.1, 0.15) is 0 Å². The van der Waals surface area contributed by atoms with Crippen LogP contribution in [0.3, 0.4) is 0 Å². The number of hydrogen-bond acceptors (Lipinski definition) is 6. The van der Waals surface area contributed by atoms with E-state index in [1.54, 1.807) is 0 Å². The summed E-state index contributed by atoms with van der Waals surface area (Å²) in [5.74, 6) is 0. The summed E-state index contributed by atoms with van der Waals surface area (Å²) in [6.07, 6.45) is 5.78. The molecule has 0 aromatic carbocycles. The highest BCUT2D eigenvalue weighted by Gasteiger charge is 2.52. The Balaban J connectivity index is 1.39. The highest BCUT2D eigenvalue weighted by molar-refractivity contribution is 6.61. The Labute approximate surface area is 167 Å². The lowest BCUT2D eigenvalue weighted by atomic mass is 9.82. The van der Waals surface area contributed by atoms with E-state index in [0.717, 1.165) is 37.3 Å². The van der Waals surface area contributed by atoms with Crippen LogP contribution in [0.25, 0.3) is 0 Å². The van der Waals surface area contributed by atoms with Crippen LogP contribution in [0.1, 0.15) is 33.4 Å². The van der Waals surface area contributed by atoms with Gasteiger partial charge in [-0.2, -0.15) is 5.10 Å². The SMILES string of the molecule is CN1CCN(c2ccc(Cn3cc(B4OC(C)(C)C(C)(C)O4)cn3)nc2)CC1. The van der Waals surface area contributed by atoms with E-state index in [0.29, 0.717) is 6.54 Å². The van der Waals surface area contributed by atoms with Crippen LogP contribution in [-0.4, -0.2) is 71.2 Å². The van der Waals surface area contributed by atoms with E-state index < -0.39 is 0 Å². The van der Waals surface area contributed by atoms with Crippen LogP contribution in [0.4, 0.5) is 5.69 Å². The maximum atomic E-state index is 6.10. The van der Waals surface area contributed by atoms with Gasteiger partial charge in [-0.05, 0) is 46.9 Å². The highest BCUT2D eigenvalue weighted by Crippen LogP contribution is 2.36. The zero-order chi connectivity index (χ0) is 19.9. The van der Waals surface area contributed by atoms with Gasteiger partial charge in [-0.25, -0.2) is 0 Å². The fourth-order valence-corrected chi connectivity index (χ4v) is 3.49. The van der Waals surface area contributed by atoms with Crippen molar-refractivity contribution >= 4 is 18.3 Å².